The lowest BCUT2D eigenvalue weighted by Crippen LogP contribution is -2.18. The van der Waals surface area contributed by atoms with E-state index in [9.17, 15) is 4.79 Å². The average Bonchev–Trinajstić information content (AvgIpc) is 2.17. The number of hydrogen-bond donors (Lipinski definition) is 2. The predicted octanol–water partition coefficient (Wildman–Crippen LogP) is 0.983. The van der Waals surface area contributed by atoms with Crippen molar-refractivity contribution in [3.05, 3.63) is 18.2 Å². The van der Waals surface area contributed by atoms with Crippen molar-refractivity contribution in [3.8, 4) is 5.75 Å². The van der Waals surface area contributed by atoms with Crippen molar-refractivity contribution >= 4 is 23.4 Å². The molecule has 1 aliphatic heterocycles. The molecule has 0 bridgehead atoms. The third kappa shape index (κ3) is 1.61. The molecule has 3 N–H and O–H groups in total. The molecule has 0 aromatic heterocycles. The van der Waals surface area contributed by atoms with Gasteiger partial charge in [0.1, 0.15) is 5.75 Å². The molecule has 13 heavy (non-hydrogen) atoms. The summed E-state index contributed by atoms with van der Waals surface area (Å²) in [6.07, 6.45) is 0. The lowest BCUT2D eigenvalue weighted by Gasteiger charge is -2.16. The molecule has 0 unspecified atom stereocenters. The van der Waals surface area contributed by atoms with Crippen LogP contribution in [-0.2, 0) is 4.79 Å². The Kier molecular flexibility index (Phi) is 2.12. The predicted molar refractivity (Wildman–Crippen MR) is 50.6 cm³/mol. The minimum Gasteiger partial charge on any atom is -0.411 e. The Balaban J connectivity index is 2.36. The van der Waals surface area contributed by atoms with Crippen LogP contribution in [0.1, 0.15) is 0 Å². The summed E-state index contributed by atoms with van der Waals surface area (Å²) in [6.45, 7) is 0. The number of anilines is 1. The molecule has 1 heterocycles. The Morgan fingerprint density at radius 3 is 3.15 bits per heavy atom. The minimum atomic E-state index is 0.0268. The van der Waals surface area contributed by atoms with Gasteiger partial charge in [-0.1, -0.05) is 0 Å². The SMILES string of the molecule is NOc1ccc2c(c1)SCC(=O)N2. The van der Waals surface area contributed by atoms with Crippen molar-refractivity contribution in [3.63, 3.8) is 0 Å². The van der Waals surface area contributed by atoms with E-state index in [4.69, 9.17) is 5.90 Å². The number of amides is 1. The Morgan fingerprint density at radius 1 is 1.54 bits per heavy atom. The second kappa shape index (κ2) is 3.27. The van der Waals surface area contributed by atoms with Gasteiger partial charge in [-0.25, -0.2) is 0 Å². The maximum atomic E-state index is 11.0. The fourth-order valence-corrected chi connectivity index (χ4v) is 1.96. The normalized spacial score (nSPS) is 14.7. The van der Waals surface area contributed by atoms with E-state index in [-0.39, 0.29) is 5.91 Å². The highest BCUT2D eigenvalue weighted by Crippen LogP contribution is 2.33. The first-order valence-corrected chi connectivity index (χ1v) is 4.71. The summed E-state index contributed by atoms with van der Waals surface area (Å²) in [7, 11) is 0. The largest absolute Gasteiger partial charge is 0.411 e. The van der Waals surface area contributed by atoms with E-state index in [0.29, 0.717) is 11.5 Å². The maximum absolute atomic E-state index is 11.0. The van der Waals surface area contributed by atoms with Crippen LogP contribution in [0.3, 0.4) is 0 Å². The lowest BCUT2D eigenvalue weighted by atomic mass is 10.3. The van der Waals surface area contributed by atoms with Crippen LogP contribution in [0.15, 0.2) is 23.1 Å². The molecule has 0 atom stereocenters. The van der Waals surface area contributed by atoms with Crippen LogP contribution in [0.2, 0.25) is 0 Å². The van der Waals surface area contributed by atoms with Gasteiger partial charge in [0.25, 0.3) is 0 Å². The third-order valence-electron chi connectivity index (χ3n) is 1.72. The number of fused-ring (bicyclic) bond motifs is 1. The topological polar surface area (TPSA) is 64.3 Å². The van der Waals surface area contributed by atoms with E-state index in [1.807, 2.05) is 0 Å². The monoisotopic (exact) mass is 196 g/mol. The van der Waals surface area contributed by atoms with Crippen LogP contribution in [-0.4, -0.2) is 11.7 Å². The number of thioether (sulfide) groups is 1. The molecule has 1 aromatic rings. The van der Waals surface area contributed by atoms with E-state index in [1.54, 1.807) is 18.2 Å². The van der Waals surface area contributed by atoms with E-state index in [1.165, 1.54) is 11.8 Å². The quantitative estimate of drug-likeness (QED) is 0.657. The van der Waals surface area contributed by atoms with E-state index < -0.39 is 0 Å². The molecule has 0 saturated heterocycles. The fraction of sp³-hybridized carbons (Fsp3) is 0.125. The zero-order chi connectivity index (χ0) is 9.26. The van der Waals surface area contributed by atoms with E-state index in [2.05, 4.69) is 10.2 Å². The average molecular weight is 196 g/mol. The van der Waals surface area contributed by atoms with Gasteiger partial charge in [0.15, 0.2) is 0 Å². The first-order valence-electron chi connectivity index (χ1n) is 3.73. The number of benzene rings is 1. The summed E-state index contributed by atoms with van der Waals surface area (Å²) >= 11 is 1.48. The molecule has 68 valence electrons. The zero-order valence-corrected chi connectivity index (χ0v) is 7.56. The minimum absolute atomic E-state index is 0.0268. The van der Waals surface area contributed by atoms with Crippen LogP contribution in [0.4, 0.5) is 5.69 Å². The van der Waals surface area contributed by atoms with Gasteiger partial charge >= 0.3 is 0 Å². The van der Waals surface area contributed by atoms with Gasteiger partial charge < -0.3 is 10.2 Å². The van der Waals surface area contributed by atoms with Crippen LogP contribution in [0.5, 0.6) is 5.75 Å². The molecule has 0 aliphatic carbocycles. The molecular formula is C8H8N2O2S. The number of nitrogens with two attached hydrogens (primary N) is 1. The van der Waals surface area contributed by atoms with Crippen molar-refractivity contribution < 1.29 is 9.63 Å². The molecule has 4 nitrogen and oxygen atoms in total. The van der Waals surface area contributed by atoms with Gasteiger partial charge in [-0.2, -0.15) is 5.90 Å². The molecule has 0 radical (unpaired) electrons. The van der Waals surface area contributed by atoms with Crippen molar-refractivity contribution in [1.82, 2.24) is 0 Å². The Morgan fingerprint density at radius 2 is 2.38 bits per heavy atom. The van der Waals surface area contributed by atoms with E-state index >= 15 is 0 Å². The Bertz CT molecular complexity index is 354. The summed E-state index contributed by atoms with van der Waals surface area (Å²) in [4.78, 5) is 16.6. The molecule has 0 fully saturated rings. The first kappa shape index (κ1) is 8.40. The number of rotatable bonds is 1. The molecule has 0 saturated carbocycles. The van der Waals surface area contributed by atoms with Gasteiger partial charge in [0.2, 0.25) is 5.91 Å². The van der Waals surface area contributed by atoms with Gasteiger partial charge in [0.05, 0.1) is 11.4 Å². The van der Waals surface area contributed by atoms with E-state index in [0.717, 1.165) is 10.6 Å². The Hall–Kier alpha value is -1.20. The summed E-state index contributed by atoms with van der Waals surface area (Å²) in [5.74, 6) is 6.09. The maximum Gasteiger partial charge on any atom is 0.234 e. The first-order chi connectivity index (χ1) is 6.29. The summed E-state index contributed by atoms with van der Waals surface area (Å²) in [5.41, 5.74) is 0.821. The highest BCUT2D eigenvalue weighted by atomic mass is 32.2. The molecule has 2 rings (SSSR count). The Labute approximate surface area is 79.4 Å². The van der Waals surface area contributed by atoms with Crippen LogP contribution >= 0.6 is 11.8 Å². The fourth-order valence-electron chi connectivity index (χ4n) is 1.13. The van der Waals surface area contributed by atoms with Gasteiger partial charge in [-0.05, 0) is 18.2 Å². The van der Waals surface area contributed by atoms with Gasteiger partial charge in [0, 0.05) is 4.90 Å². The number of nitrogens with one attached hydrogen (secondary N) is 1. The molecule has 5 heteroatoms. The summed E-state index contributed by atoms with van der Waals surface area (Å²) in [5, 5.41) is 2.76. The molecular weight excluding hydrogens is 188 g/mol. The van der Waals surface area contributed by atoms with Crippen molar-refractivity contribution in [2.24, 2.45) is 5.90 Å². The number of carbonyl (C=O) groups excluding carboxylic acids is 1. The lowest BCUT2D eigenvalue weighted by molar-refractivity contribution is -0.113. The summed E-state index contributed by atoms with van der Waals surface area (Å²) < 4.78 is 0. The number of carbonyl (C=O) groups is 1. The molecule has 1 amide bonds. The highest BCUT2D eigenvalue weighted by Gasteiger charge is 2.15. The van der Waals surface area contributed by atoms with Gasteiger partial charge in [-0.15, -0.1) is 11.8 Å². The third-order valence-corrected chi connectivity index (χ3v) is 2.78. The van der Waals surface area contributed by atoms with Crippen LogP contribution < -0.4 is 16.1 Å². The second-order valence-electron chi connectivity index (χ2n) is 2.61. The van der Waals surface area contributed by atoms with Gasteiger partial charge in [-0.3, -0.25) is 4.79 Å². The molecule has 1 aliphatic rings. The number of hydrogen-bond acceptors (Lipinski definition) is 4. The molecule has 1 aromatic carbocycles. The van der Waals surface area contributed by atoms with Crippen LogP contribution in [0.25, 0.3) is 0 Å². The molecule has 0 spiro atoms. The van der Waals surface area contributed by atoms with Crippen LogP contribution in [0, 0.1) is 0 Å². The van der Waals surface area contributed by atoms with Crippen molar-refractivity contribution in [1.29, 1.82) is 0 Å². The van der Waals surface area contributed by atoms with Crippen molar-refractivity contribution in [2.45, 2.75) is 4.90 Å². The zero-order valence-electron chi connectivity index (χ0n) is 6.74. The smallest absolute Gasteiger partial charge is 0.234 e. The second-order valence-corrected chi connectivity index (χ2v) is 3.63. The standard InChI is InChI=1S/C8H8N2O2S/c9-12-5-1-2-6-7(3-5)13-4-8(11)10-6/h1-3H,4,9H2,(H,10,11). The highest BCUT2D eigenvalue weighted by molar-refractivity contribution is 8.00. The van der Waals surface area contributed by atoms with Crippen molar-refractivity contribution in [2.75, 3.05) is 11.1 Å². The summed E-state index contributed by atoms with van der Waals surface area (Å²) in [6, 6.07) is 5.30.